The van der Waals surface area contributed by atoms with Gasteiger partial charge < -0.3 is 5.73 Å². The molecule has 2 rings (SSSR count). The molecule has 0 amide bonds. The van der Waals surface area contributed by atoms with Crippen LogP contribution >= 0.6 is 0 Å². The van der Waals surface area contributed by atoms with E-state index in [1.807, 2.05) is 35.6 Å². The van der Waals surface area contributed by atoms with Crippen molar-refractivity contribution in [3.05, 3.63) is 29.8 Å². The highest BCUT2D eigenvalue weighted by atomic mass is 15.4. The van der Waals surface area contributed by atoms with E-state index in [1.54, 1.807) is 6.20 Å². The molecule has 0 saturated heterocycles. The molecule has 0 bridgehead atoms. The summed E-state index contributed by atoms with van der Waals surface area (Å²) < 4.78 is 3.70. The molecule has 2 aromatic rings. The van der Waals surface area contributed by atoms with Crippen LogP contribution in [0.15, 0.2) is 18.5 Å². The fourth-order valence-electron chi connectivity index (χ4n) is 1.68. The van der Waals surface area contributed by atoms with Gasteiger partial charge in [0.25, 0.3) is 0 Å². The molecular formula is C11H18N6. The lowest BCUT2D eigenvalue weighted by molar-refractivity contribution is 0.567. The molecule has 0 aliphatic carbocycles. The van der Waals surface area contributed by atoms with Crippen LogP contribution in [-0.4, -0.2) is 24.8 Å². The minimum absolute atomic E-state index is 0.0135. The Morgan fingerprint density at radius 3 is 2.94 bits per heavy atom. The van der Waals surface area contributed by atoms with Gasteiger partial charge >= 0.3 is 0 Å². The fourth-order valence-corrected chi connectivity index (χ4v) is 1.68. The van der Waals surface area contributed by atoms with Gasteiger partial charge in [-0.05, 0) is 12.5 Å². The molecule has 2 aromatic heterocycles. The molecule has 0 spiro atoms. The lowest BCUT2D eigenvalue weighted by Crippen LogP contribution is -2.09. The van der Waals surface area contributed by atoms with Gasteiger partial charge in [-0.1, -0.05) is 12.1 Å². The molecule has 0 saturated carbocycles. The van der Waals surface area contributed by atoms with Crippen molar-refractivity contribution in [3.8, 4) is 0 Å². The van der Waals surface area contributed by atoms with Crippen LogP contribution in [0.1, 0.15) is 30.8 Å². The number of aryl methyl sites for hydroxylation is 3. The summed E-state index contributed by atoms with van der Waals surface area (Å²) in [6, 6.07) is 2.00. The van der Waals surface area contributed by atoms with E-state index in [9.17, 15) is 0 Å². The fraction of sp³-hybridized carbons (Fsp3) is 0.545. The van der Waals surface area contributed by atoms with Crippen molar-refractivity contribution in [2.45, 2.75) is 32.4 Å². The van der Waals surface area contributed by atoms with Gasteiger partial charge in [0, 0.05) is 31.9 Å². The molecule has 0 radical (unpaired) electrons. The Bertz CT molecular complexity index is 472. The number of nitrogens with two attached hydrogens (primary N) is 1. The monoisotopic (exact) mass is 234 g/mol. The smallest absolute Gasteiger partial charge is 0.0993 e. The van der Waals surface area contributed by atoms with Gasteiger partial charge in [0.15, 0.2) is 0 Å². The van der Waals surface area contributed by atoms with Crippen LogP contribution in [0.5, 0.6) is 0 Å². The van der Waals surface area contributed by atoms with Gasteiger partial charge in [0.2, 0.25) is 0 Å². The summed E-state index contributed by atoms with van der Waals surface area (Å²) in [6.45, 7) is 2.84. The third kappa shape index (κ3) is 2.71. The molecule has 17 heavy (non-hydrogen) atoms. The lowest BCUT2D eigenvalue weighted by Gasteiger charge is -2.03. The molecule has 2 N–H and O–H groups in total. The Morgan fingerprint density at radius 2 is 2.29 bits per heavy atom. The molecule has 92 valence electrons. The number of rotatable bonds is 5. The van der Waals surface area contributed by atoms with Crippen LogP contribution in [0, 0.1) is 0 Å². The van der Waals surface area contributed by atoms with E-state index in [1.165, 1.54) is 5.69 Å². The zero-order valence-electron chi connectivity index (χ0n) is 10.2. The predicted molar refractivity (Wildman–Crippen MR) is 64.2 cm³/mol. The Balaban J connectivity index is 1.96. The van der Waals surface area contributed by atoms with Gasteiger partial charge in [0.1, 0.15) is 0 Å². The van der Waals surface area contributed by atoms with Gasteiger partial charge in [0.05, 0.1) is 17.9 Å². The van der Waals surface area contributed by atoms with E-state index < -0.39 is 0 Å². The minimum Gasteiger partial charge on any atom is -0.323 e. The van der Waals surface area contributed by atoms with Crippen LogP contribution in [0.4, 0.5) is 0 Å². The predicted octanol–water partition coefficient (Wildman–Crippen LogP) is 0.664. The van der Waals surface area contributed by atoms with Crippen molar-refractivity contribution in [2.75, 3.05) is 0 Å². The molecule has 6 heteroatoms. The maximum atomic E-state index is 5.89. The molecule has 0 aliphatic heterocycles. The van der Waals surface area contributed by atoms with Crippen molar-refractivity contribution in [1.29, 1.82) is 0 Å². The molecular weight excluding hydrogens is 216 g/mol. The Kier molecular flexibility index (Phi) is 3.53. The molecule has 1 unspecified atom stereocenters. The van der Waals surface area contributed by atoms with Crippen molar-refractivity contribution in [2.24, 2.45) is 12.8 Å². The van der Waals surface area contributed by atoms with E-state index >= 15 is 0 Å². The third-order valence-corrected chi connectivity index (χ3v) is 2.90. The Hall–Kier alpha value is -1.69. The van der Waals surface area contributed by atoms with Gasteiger partial charge in [-0.2, -0.15) is 5.10 Å². The first-order valence-electron chi connectivity index (χ1n) is 5.83. The van der Waals surface area contributed by atoms with E-state index in [0.717, 1.165) is 25.1 Å². The van der Waals surface area contributed by atoms with Crippen LogP contribution < -0.4 is 5.73 Å². The van der Waals surface area contributed by atoms with Gasteiger partial charge in [-0.15, -0.1) is 5.10 Å². The summed E-state index contributed by atoms with van der Waals surface area (Å²) in [4.78, 5) is 0. The first-order valence-corrected chi connectivity index (χ1v) is 5.83. The van der Waals surface area contributed by atoms with E-state index in [-0.39, 0.29) is 6.04 Å². The van der Waals surface area contributed by atoms with Gasteiger partial charge in [-0.25, -0.2) is 0 Å². The average molecular weight is 234 g/mol. The van der Waals surface area contributed by atoms with Gasteiger partial charge in [-0.3, -0.25) is 9.36 Å². The van der Waals surface area contributed by atoms with Crippen molar-refractivity contribution < 1.29 is 0 Å². The average Bonchev–Trinajstić information content (AvgIpc) is 2.94. The van der Waals surface area contributed by atoms with E-state index in [4.69, 9.17) is 5.73 Å². The largest absolute Gasteiger partial charge is 0.323 e. The number of hydrogen-bond donors (Lipinski definition) is 1. The molecule has 0 fully saturated rings. The molecule has 1 atom stereocenters. The summed E-state index contributed by atoms with van der Waals surface area (Å²) in [6.07, 6.45) is 5.49. The summed E-state index contributed by atoms with van der Waals surface area (Å²) in [5.74, 6) is 0. The maximum Gasteiger partial charge on any atom is 0.0993 e. The van der Waals surface area contributed by atoms with Crippen LogP contribution in [0.25, 0.3) is 0 Å². The molecule has 0 aromatic carbocycles. The quantitative estimate of drug-likeness (QED) is 0.825. The highest BCUT2D eigenvalue weighted by molar-refractivity contribution is 5.01. The number of hydrogen-bond acceptors (Lipinski definition) is 4. The highest BCUT2D eigenvalue weighted by Gasteiger charge is 2.08. The summed E-state index contributed by atoms with van der Waals surface area (Å²) in [7, 11) is 1.94. The van der Waals surface area contributed by atoms with E-state index in [0.29, 0.717) is 0 Å². The minimum atomic E-state index is -0.0135. The van der Waals surface area contributed by atoms with Crippen molar-refractivity contribution in [1.82, 2.24) is 24.8 Å². The normalized spacial score (nSPS) is 12.9. The number of aromatic nitrogens is 5. The van der Waals surface area contributed by atoms with Crippen LogP contribution in [0.3, 0.4) is 0 Å². The second kappa shape index (κ2) is 5.09. The second-order valence-electron chi connectivity index (χ2n) is 4.12. The third-order valence-electron chi connectivity index (χ3n) is 2.90. The second-order valence-corrected chi connectivity index (χ2v) is 4.12. The van der Waals surface area contributed by atoms with E-state index in [2.05, 4.69) is 15.4 Å². The van der Waals surface area contributed by atoms with Crippen molar-refractivity contribution in [3.63, 3.8) is 0 Å². The first-order chi connectivity index (χ1) is 8.20. The zero-order chi connectivity index (χ0) is 12.3. The topological polar surface area (TPSA) is 74.6 Å². The summed E-state index contributed by atoms with van der Waals surface area (Å²) in [5.41, 5.74) is 7.93. The number of nitrogens with zero attached hydrogens (tertiary/aromatic N) is 5. The zero-order valence-corrected chi connectivity index (χ0v) is 10.2. The van der Waals surface area contributed by atoms with Crippen molar-refractivity contribution >= 4 is 0 Å². The maximum absolute atomic E-state index is 5.89. The standard InChI is InChI=1S/C11H18N6/c1-3-10(12)11-8-17(15-14-11)7-5-9-4-6-13-16(9)2/h4,6,8,10H,3,5,7,12H2,1-2H3. The van der Waals surface area contributed by atoms with Crippen LogP contribution in [0.2, 0.25) is 0 Å². The molecule has 0 aliphatic rings. The highest BCUT2D eigenvalue weighted by Crippen LogP contribution is 2.09. The van der Waals surface area contributed by atoms with Crippen LogP contribution in [-0.2, 0) is 20.0 Å². The Morgan fingerprint density at radius 1 is 1.47 bits per heavy atom. The SMILES string of the molecule is CCC(N)c1cn(CCc2ccnn2C)nn1. The summed E-state index contributed by atoms with van der Waals surface area (Å²) in [5, 5.41) is 12.3. The first kappa shape index (κ1) is 11.8. The Labute approximate surface area is 100 Å². The lowest BCUT2D eigenvalue weighted by atomic mass is 10.2. The molecule has 2 heterocycles. The summed E-state index contributed by atoms with van der Waals surface area (Å²) >= 11 is 0. The molecule has 6 nitrogen and oxygen atoms in total.